The lowest BCUT2D eigenvalue weighted by atomic mass is 9.98. The van der Waals surface area contributed by atoms with Gasteiger partial charge in [-0.2, -0.15) is 0 Å². The van der Waals surface area contributed by atoms with E-state index in [0.29, 0.717) is 89.3 Å². The van der Waals surface area contributed by atoms with Gasteiger partial charge >= 0.3 is 0 Å². The fourth-order valence-corrected chi connectivity index (χ4v) is 8.89. The fraction of sp³-hybridized carbons (Fsp3) is 0.690. The van der Waals surface area contributed by atoms with Gasteiger partial charge in [-0.3, -0.25) is 0 Å². The maximum Gasteiger partial charge on any atom is 0.254 e. The highest BCUT2D eigenvalue weighted by molar-refractivity contribution is 6.00. The molecule has 4 N–H and O–H groups in total. The highest BCUT2D eigenvalue weighted by Crippen LogP contribution is 2.61. The van der Waals surface area contributed by atoms with Crippen LogP contribution in [-0.4, -0.2) is 99.7 Å². The third kappa shape index (κ3) is 18.1. The molecule has 16 nitrogen and oxygen atoms in total. The number of benzene rings is 2. The standard InChI is InChI=1S/C58H84O16/c1-5-63-41-45-67-33-21-13-9-17-25-37-71-55(59)49-29-30-51-54-52(32-31-50(53(49)54)56(55,60)72-38-26-18-10-14-22-34-68-46-42-64-6-2)58(62,74-40-28-20-12-16-24-36-70-48-44-66-8-4)57(51,61)73-39-27-19-11-15-23-35-69-47-43-65-7-3/h29-32,59-62H,5-28,33-40H2,1-4H3. The number of ether oxygens (including phenoxy) is 12. The summed E-state index contributed by atoms with van der Waals surface area (Å²) in [6.07, 6.45) is 36.3. The van der Waals surface area contributed by atoms with Crippen LogP contribution in [0, 0.1) is 48.9 Å². The molecule has 2 aromatic carbocycles. The maximum absolute atomic E-state index is 12.8. The lowest BCUT2D eigenvalue weighted by Gasteiger charge is -2.39. The van der Waals surface area contributed by atoms with Gasteiger partial charge in [0, 0.05) is 33.0 Å². The van der Waals surface area contributed by atoms with E-state index in [2.05, 4.69) is 48.9 Å². The zero-order valence-electron chi connectivity index (χ0n) is 44.6. The minimum Gasteiger partial charge on any atom is -0.445 e. The van der Waals surface area contributed by atoms with E-state index in [1.165, 1.54) is 0 Å². The Kier molecular flexibility index (Phi) is 29.4. The first-order chi connectivity index (χ1) is 36.2. The molecule has 4 unspecified atom stereocenters. The second kappa shape index (κ2) is 35.3. The molecule has 2 aliphatic carbocycles. The van der Waals surface area contributed by atoms with Crippen LogP contribution in [0.1, 0.15) is 178 Å². The van der Waals surface area contributed by atoms with Crippen LogP contribution < -0.4 is 0 Å². The van der Waals surface area contributed by atoms with Gasteiger partial charge in [-0.1, -0.05) is 101 Å². The van der Waals surface area contributed by atoms with Crippen molar-refractivity contribution in [2.24, 2.45) is 0 Å². The fourth-order valence-electron chi connectivity index (χ4n) is 8.89. The molecule has 0 bridgehead atoms. The van der Waals surface area contributed by atoms with Crippen LogP contribution in [-0.2, 0) is 80.0 Å². The van der Waals surface area contributed by atoms with Crippen LogP contribution in [0.15, 0.2) is 24.3 Å². The van der Waals surface area contributed by atoms with Crippen molar-refractivity contribution >= 4 is 10.8 Å². The lowest BCUT2D eigenvalue weighted by molar-refractivity contribution is -0.400. The molecule has 0 heterocycles. The van der Waals surface area contributed by atoms with Gasteiger partial charge in [-0.05, 0) is 79.1 Å². The Morgan fingerprint density at radius 3 is 0.649 bits per heavy atom. The molecule has 16 heteroatoms. The summed E-state index contributed by atoms with van der Waals surface area (Å²) in [5.41, 5.74) is 1.00. The number of unbranched alkanes of at least 4 members (excludes halogenated alkanes) is 16. The third-order valence-corrected chi connectivity index (χ3v) is 12.7. The molecule has 0 spiro atoms. The molecule has 0 saturated heterocycles. The van der Waals surface area contributed by atoms with Crippen molar-refractivity contribution in [2.45, 2.75) is 179 Å². The predicted octanol–water partition coefficient (Wildman–Crippen LogP) is 9.20. The van der Waals surface area contributed by atoms with E-state index in [1.807, 2.05) is 27.7 Å². The van der Waals surface area contributed by atoms with Crippen LogP contribution in [0.5, 0.6) is 0 Å². The highest BCUT2D eigenvalue weighted by atomic mass is 16.7. The number of hydrogen-bond acceptors (Lipinski definition) is 16. The molecular weight excluding hydrogens is 953 g/mol. The molecule has 0 aliphatic heterocycles. The molecule has 0 amide bonds. The zero-order valence-corrected chi connectivity index (χ0v) is 44.6. The van der Waals surface area contributed by atoms with Crippen LogP contribution in [0.2, 0.25) is 0 Å². The van der Waals surface area contributed by atoms with E-state index in [4.69, 9.17) is 56.8 Å². The molecule has 412 valence electrons. The summed E-state index contributed by atoms with van der Waals surface area (Å²) in [5.74, 6) is -9.38. The van der Waals surface area contributed by atoms with E-state index in [1.54, 1.807) is 24.3 Å². The normalized spacial score (nSPS) is 19.7. The van der Waals surface area contributed by atoms with Crippen LogP contribution in [0.4, 0.5) is 0 Å². The number of hydrogen-bond donors (Lipinski definition) is 4. The Bertz CT molecular complexity index is 1860. The van der Waals surface area contributed by atoms with Gasteiger partial charge in [-0.25, -0.2) is 0 Å². The van der Waals surface area contributed by atoms with Gasteiger partial charge in [-0.15, -0.1) is 0 Å². The topological polar surface area (TPSA) is 192 Å². The summed E-state index contributed by atoms with van der Waals surface area (Å²) in [6, 6.07) is 6.48. The third-order valence-electron chi connectivity index (χ3n) is 12.7. The molecule has 2 aromatic rings. The summed E-state index contributed by atoms with van der Waals surface area (Å²) in [7, 11) is 0. The van der Waals surface area contributed by atoms with Crippen molar-refractivity contribution in [3.63, 3.8) is 0 Å². The SMILES string of the molecule is CCOC#COCCCCCCCOC1(O)c2ccc3c4c(ccc(c24)C1(O)OCCCCCCCOC#COCC)C(O)(OCCCCCCCOC#COCC)C3(O)OCCCCCCCOC#COCC. The first-order valence-corrected chi connectivity index (χ1v) is 27.2. The van der Waals surface area contributed by atoms with Crippen molar-refractivity contribution in [1.82, 2.24) is 0 Å². The predicted molar refractivity (Wildman–Crippen MR) is 277 cm³/mol. The minimum atomic E-state index is -2.35. The Balaban J connectivity index is 1.52. The minimum absolute atomic E-state index is 0.115. The molecule has 0 saturated carbocycles. The van der Waals surface area contributed by atoms with E-state index in [0.717, 1.165) is 103 Å². The second-order valence-electron chi connectivity index (χ2n) is 18.1. The molecule has 2 aliphatic rings. The Labute approximate surface area is 440 Å². The van der Waals surface area contributed by atoms with E-state index < -0.39 is 23.1 Å². The second-order valence-corrected chi connectivity index (χ2v) is 18.1. The summed E-state index contributed by atoms with van der Waals surface area (Å²) < 4.78 is 66.7. The summed E-state index contributed by atoms with van der Waals surface area (Å²) >= 11 is 0. The van der Waals surface area contributed by atoms with Crippen molar-refractivity contribution in [2.75, 3.05) is 79.3 Å². The Morgan fingerprint density at radius 2 is 0.446 bits per heavy atom. The molecule has 74 heavy (non-hydrogen) atoms. The Morgan fingerprint density at radius 1 is 0.270 bits per heavy atom. The van der Waals surface area contributed by atoms with Crippen LogP contribution in [0.3, 0.4) is 0 Å². The van der Waals surface area contributed by atoms with Crippen molar-refractivity contribution in [1.29, 1.82) is 0 Å². The van der Waals surface area contributed by atoms with Crippen molar-refractivity contribution in [3.8, 4) is 48.9 Å². The van der Waals surface area contributed by atoms with Crippen LogP contribution in [0.25, 0.3) is 10.8 Å². The van der Waals surface area contributed by atoms with Gasteiger partial charge in [0.2, 0.25) is 0 Å². The molecule has 4 atom stereocenters. The Hall–Kier alpha value is -4.98. The molecule has 4 rings (SSSR count). The van der Waals surface area contributed by atoms with E-state index >= 15 is 0 Å². The summed E-state index contributed by atoms with van der Waals surface area (Å²) in [4.78, 5) is 0. The average Bonchev–Trinajstić information content (AvgIpc) is 3.71. The summed E-state index contributed by atoms with van der Waals surface area (Å²) in [6.45, 7) is 11.9. The van der Waals surface area contributed by atoms with Gasteiger partial charge in [0.25, 0.3) is 23.1 Å². The highest BCUT2D eigenvalue weighted by Gasteiger charge is 2.66. The van der Waals surface area contributed by atoms with Gasteiger partial charge in [0.1, 0.15) is 26.4 Å². The smallest absolute Gasteiger partial charge is 0.254 e. The van der Waals surface area contributed by atoms with Crippen LogP contribution >= 0.6 is 0 Å². The lowest BCUT2D eigenvalue weighted by Crippen LogP contribution is -2.51. The van der Waals surface area contributed by atoms with E-state index in [9.17, 15) is 20.4 Å². The van der Waals surface area contributed by atoms with E-state index in [-0.39, 0.29) is 48.7 Å². The first kappa shape index (κ1) is 61.6. The monoisotopic (exact) mass is 1040 g/mol. The summed E-state index contributed by atoms with van der Waals surface area (Å²) in [5, 5.41) is 52.0. The first-order valence-electron chi connectivity index (χ1n) is 27.2. The number of aliphatic hydroxyl groups is 4. The average molecular weight is 1040 g/mol. The molecule has 0 aromatic heterocycles. The zero-order chi connectivity index (χ0) is 53.1. The molecule has 0 radical (unpaired) electrons. The van der Waals surface area contributed by atoms with Gasteiger partial charge in [0.15, 0.2) is 48.9 Å². The molecular formula is C58H84O16. The maximum atomic E-state index is 12.8. The van der Waals surface area contributed by atoms with Gasteiger partial charge in [0.05, 0.1) is 52.9 Å². The van der Waals surface area contributed by atoms with Crippen molar-refractivity contribution < 1.29 is 77.3 Å². The molecule has 0 fully saturated rings. The largest absolute Gasteiger partial charge is 0.445 e. The number of rotatable bonds is 40. The van der Waals surface area contributed by atoms with Gasteiger partial charge < -0.3 is 77.3 Å². The van der Waals surface area contributed by atoms with Crippen molar-refractivity contribution in [3.05, 3.63) is 46.5 Å². The quantitative estimate of drug-likeness (QED) is 0.0280.